The highest BCUT2D eigenvalue weighted by Gasteiger charge is 2.42. The van der Waals surface area contributed by atoms with Crippen molar-refractivity contribution in [3.63, 3.8) is 0 Å². The first-order chi connectivity index (χ1) is 19.1. The molecule has 2 aromatic heterocycles. The Morgan fingerprint density at radius 2 is 1.79 bits per heavy atom. The molecular formula is C32H24BrN3O2S. The third-order valence-electron chi connectivity index (χ3n) is 7.43. The van der Waals surface area contributed by atoms with Gasteiger partial charge in [-0.05, 0) is 66.3 Å². The highest BCUT2D eigenvalue weighted by molar-refractivity contribution is 9.10. The molecule has 2 atom stereocenters. The van der Waals surface area contributed by atoms with E-state index < -0.39 is 0 Å². The minimum Gasteiger partial charge on any atom is -0.422 e. The van der Waals surface area contributed by atoms with Crippen molar-refractivity contribution in [3.8, 4) is 10.4 Å². The van der Waals surface area contributed by atoms with Crippen LogP contribution >= 0.6 is 27.3 Å². The molecule has 0 radical (unpaired) electrons. The van der Waals surface area contributed by atoms with Gasteiger partial charge in [0.1, 0.15) is 5.58 Å². The molecular weight excluding hydrogens is 570 g/mol. The predicted octanol–water partition coefficient (Wildman–Crippen LogP) is 8.48. The maximum absolute atomic E-state index is 12.9. The Morgan fingerprint density at radius 3 is 2.62 bits per heavy atom. The van der Waals surface area contributed by atoms with Gasteiger partial charge in [0.05, 0.1) is 22.2 Å². The minimum atomic E-state index is -0.367. The van der Waals surface area contributed by atoms with Crippen LogP contribution in [-0.2, 0) is 0 Å². The fourth-order valence-corrected chi connectivity index (χ4v) is 6.94. The van der Waals surface area contributed by atoms with Crippen molar-refractivity contribution in [2.24, 2.45) is 11.0 Å². The van der Waals surface area contributed by atoms with Crippen molar-refractivity contribution in [3.05, 3.63) is 123 Å². The summed E-state index contributed by atoms with van der Waals surface area (Å²) in [5, 5.41) is 8.94. The largest absolute Gasteiger partial charge is 0.422 e. The van der Waals surface area contributed by atoms with Gasteiger partial charge in [0, 0.05) is 22.0 Å². The standard InChI is InChI=1S/C32H24BrN3O2S/c33-24-14-15-27-23(17-24)18-26(31(37)38-27)28-19-34-32(39-28)36-30(21-10-5-2-6-11-21)25-13-7-12-22(29(25)35-36)16-20-8-3-1-4-9-20/h1-6,8-11,14-19,25,30H,7,12-13H2. The Hall–Kier alpha value is -3.81. The van der Waals surface area contributed by atoms with Crippen LogP contribution in [0.25, 0.3) is 27.5 Å². The molecule has 2 unspecified atom stereocenters. The van der Waals surface area contributed by atoms with E-state index in [1.807, 2.05) is 30.3 Å². The lowest BCUT2D eigenvalue weighted by Crippen LogP contribution is -2.27. The zero-order valence-electron chi connectivity index (χ0n) is 21.0. The van der Waals surface area contributed by atoms with Crippen LogP contribution in [0.3, 0.4) is 0 Å². The van der Waals surface area contributed by atoms with Crippen LogP contribution in [0.5, 0.6) is 0 Å². The van der Waals surface area contributed by atoms with Gasteiger partial charge >= 0.3 is 5.63 Å². The Kier molecular flexibility index (Phi) is 6.25. The molecule has 5 aromatic rings. The van der Waals surface area contributed by atoms with Crippen LogP contribution in [0.1, 0.15) is 36.4 Å². The summed E-state index contributed by atoms with van der Waals surface area (Å²) in [6, 6.07) is 28.6. The van der Waals surface area contributed by atoms with Crippen LogP contribution in [0, 0.1) is 5.92 Å². The van der Waals surface area contributed by atoms with Crippen molar-refractivity contribution in [1.82, 2.24) is 4.98 Å². The van der Waals surface area contributed by atoms with Gasteiger partial charge in [0.25, 0.3) is 0 Å². The number of hydrogen-bond acceptors (Lipinski definition) is 6. The van der Waals surface area contributed by atoms with Crippen LogP contribution in [0.2, 0.25) is 0 Å². The van der Waals surface area contributed by atoms with Crippen LogP contribution in [0.4, 0.5) is 5.13 Å². The first kappa shape index (κ1) is 24.2. The Morgan fingerprint density at radius 1 is 1.00 bits per heavy atom. The lowest BCUT2D eigenvalue weighted by atomic mass is 9.77. The summed E-state index contributed by atoms with van der Waals surface area (Å²) in [7, 11) is 0. The van der Waals surface area contributed by atoms with Gasteiger partial charge in [-0.15, -0.1) is 0 Å². The Labute approximate surface area is 238 Å². The van der Waals surface area contributed by atoms with Crippen molar-refractivity contribution in [2.45, 2.75) is 25.3 Å². The number of hydrogen-bond donors (Lipinski definition) is 0. The molecule has 192 valence electrons. The van der Waals surface area contributed by atoms with E-state index in [4.69, 9.17) is 14.5 Å². The summed E-state index contributed by atoms with van der Waals surface area (Å²) in [4.78, 5) is 18.5. The van der Waals surface area contributed by atoms with Gasteiger partial charge in [-0.2, -0.15) is 5.10 Å². The van der Waals surface area contributed by atoms with Crippen molar-refractivity contribution >= 4 is 55.2 Å². The van der Waals surface area contributed by atoms with E-state index >= 15 is 0 Å². The van der Waals surface area contributed by atoms with Gasteiger partial charge < -0.3 is 4.42 Å². The zero-order valence-corrected chi connectivity index (χ0v) is 23.4. The maximum atomic E-state index is 12.9. The molecule has 0 N–H and O–H groups in total. The van der Waals surface area contributed by atoms with E-state index in [-0.39, 0.29) is 17.6 Å². The number of allylic oxidation sites excluding steroid dienone is 1. The second-order valence-corrected chi connectivity index (χ2v) is 11.8. The summed E-state index contributed by atoms with van der Waals surface area (Å²) in [6.07, 6.45) is 7.25. The quantitative estimate of drug-likeness (QED) is 0.196. The highest BCUT2D eigenvalue weighted by atomic mass is 79.9. The SMILES string of the molecule is O=c1oc2ccc(Br)cc2cc1-c1cnc(N2N=C3C(=Cc4ccccc4)CCCC3C2c2ccccc2)s1. The molecule has 0 spiro atoms. The minimum absolute atomic E-state index is 0.0450. The zero-order chi connectivity index (χ0) is 26.3. The van der Waals surface area contributed by atoms with E-state index in [1.165, 1.54) is 28.0 Å². The van der Waals surface area contributed by atoms with Crippen molar-refractivity contribution < 1.29 is 4.42 Å². The third-order valence-corrected chi connectivity index (χ3v) is 8.95. The molecule has 0 saturated heterocycles. The molecule has 5 nitrogen and oxygen atoms in total. The molecule has 2 aliphatic rings. The lowest BCUT2D eigenvalue weighted by molar-refractivity contribution is 0.487. The Balaban J connectivity index is 1.32. The molecule has 1 aliphatic heterocycles. The Bertz CT molecular complexity index is 1790. The number of hydrazone groups is 1. The number of thiazole rings is 1. The summed E-state index contributed by atoms with van der Waals surface area (Å²) >= 11 is 4.99. The number of benzene rings is 3. The highest BCUT2D eigenvalue weighted by Crippen LogP contribution is 2.47. The third kappa shape index (κ3) is 4.56. The van der Waals surface area contributed by atoms with E-state index in [2.05, 4.69) is 75.5 Å². The van der Waals surface area contributed by atoms with Gasteiger partial charge in [0.15, 0.2) is 0 Å². The van der Waals surface area contributed by atoms with E-state index in [0.717, 1.165) is 44.8 Å². The molecule has 3 heterocycles. The number of aromatic nitrogens is 1. The average Bonchev–Trinajstić information content (AvgIpc) is 3.60. The predicted molar refractivity (Wildman–Crippen MR) is 162 cm³/mol. The smallest absolute Gasteiger partial charge is 0.345 e. The molecule has 1 aliphatic carbocycles. The molecule has 1 fully saturated rings. The van der Waals surface area contributed by atoms with E-state index in [1.54, 1.807) is 12.3 Å². The van der Waals surface area contributed by atoms with Crippen molar-refractivity contribution in [2.75, 3.05) is 5.01 Å². The number of halogens is 1. The molecule has 39 heavy (non-hydrogen) atoms. The molecule has 0 amide bonds. The second-order valence-electron chi connectivity index (χ2n) is 9.90. The van der Waals surface area contributed by atoms with Crippen LogP contribution in [0.15, 0.2) is 115 Å². The van der Waals surface area contributed by atoms with Crippen LogP contribution < -0.4 is 10.6 Å². The fraction of sp³-hybridized carbons (Fsp3) is 0.156. The normalized spacial score (nSPS) is 19.9. The number of nitrogens with zero attached hydrogens (tertiary/aromatic N) is 3. The second kappa shape index (κ2) is 10.1. The van der Waals surface area contributed by atoms with Crippen molar-refractivity contribution in [1.29, 1.82) is 0 Å². The van der Waals surface area contributed by atoms with Crippen LogP contribution in [-0.4, -0.2) is 10.7 Å². The molecule has 7 heteroatoms. The number of rotatable bonds is 4. The first-order valence-corrected chi connectivity index (χ1v) is 14.6. The van der Waals surface area contributed by atoms with Gasteiger partial charge in [0.2, 0.25) is 5.13 Å². The van der Waals surface area contributed by atoms with Gasteiger partial charge in [-0.3, -0.25) is 0 Å². The molecule has 7 rings (SSSR count). The topological polar surface area (TPSA) is 58.7 Å². The number of anilines is 1. The summed E-state index contributed by atoms with van der Waals surface area (Å²) in [6.45, 7) is 0. The number of fused-ring (bicyclic) bond motifs is 2. The average molecular weight is 595 g/mol. The maximum Gasteiger partial charge on any atom is 0.345 e. The lowest BCUT2D eigenvalue weighted by Gasteiger charge is -2.29. The van der Waals surface area contributed by atoms with Gasteiger partial charge in [-0.25, -0.2) is 14.8 Å². The molecule has 3 aromatic carbocycles. The summed E-state index contributed by atoms with van der Waals surface area (Å²) < 4.78 is 6.56. The van der Waals surface area contributed by atoms with E-state index in [0.29, 0.717) is 11.1 Å². The first-order valence-electron chi connectivity index (χ1n) is 13.0. The molecule has 1 saturated carbocycles. The summed E-state index contributed by atoms with van der Waals surface area (Å²) in [5.41, 5.74) is 5.55. The van der Waals surface area contributed by atoms with Gasteiger partial charge in [-0.1, -0.05) is 87.9 Å². The fourth-order valence-electron chi connectivity index (χ4n) is 5.65. The summed E-state index contributed by atoms with van der Waals surface area (Å²) in [5.74, 6) is 0.270. The van der Waals surface area contributed by atoms with E-state index in [9.17, 15) is 4.79 Å². The monoisotopic (exact) mass is 593 g/mol. The molecule has 0 bridgehead atoms.